The van der Waals surface area contributed by atoms with Gasteiger partial charge in [0, 0.05) is 37.4 Å². The third-order valence-corrected chi connectivity index (χ3v) is 6.17. The molecular formula is C22H32ClN5O2. The molecule has 1 saturated heterocycles. The Bertz CT molecular complexity index is 828. The number of rotatable bonds is 2. The van der Waals surface area contributed by atoms with Gasteiger partial charge < -0.3 is 19.5 Å². The summed E-state index contributed by atoms with van der Waals surface area (Å²) in [4.78, 5) is 11.7. The third kappa shape index (κ3) is 5.31. The second kappa shape index (κ2) is 10.6. The van der Waals surface area contributed by atoms with Gasteiger partial charge in [-0.2, -0.15) is 0 Å². The van der Waals surface area contributed by atoms with Crippen LogP contribution in [0.25, 0.3) is 11.5 Å². The van der Waals surface area contributed by atoms with Gasteiger partial charge in [0.1, 0.15) is 17.6 Å². The fourth-order valence-corrected chi connectivity index (χ4v) is 4.46. The van der Waals surface area contributed by atoms with Crippen molar-refractivity contribution in [2.75, 3.05) is 31.1 Å². The molecule has 0 radical (unpaired) electrons. The molecule has 2 aromatic rings. The molecule has 164 valence electrons. The zero-order chi connectivity index (χ0) is 20.8. The summed E-state index contributed by atoms with van der Waals surface area (Å²) in [7, 11) is 0. The number of anilines is 1. The van der Waals surface area contributed by atoms with Crippen molar-refractivity contribution in [1.82, 2.24) is 20.4 Å². The first-order valence-corrected chi connectivity index (χ1v) is 11.7. The molecule has 4 heterocycles. The van der Waals surface area contributed by atoms with Crippen molar-refractivity contribution < 1.29 is 9.26 Å². The Morgan fingerprint density at radius 2 is 1.93 bits per heavy atom. The van der Waals surface area contributed by atoms with Crippen LogP contribution in [0.5, 0.6) is 0 Å². The second-order valence-electron chi connectivity index (χ2n) is 8.33. The number of aromatic nitrogens is 3. The maximum absolute atomic E-state index is 6.43. The molecule has 1 fully saturated rings. The molecule has 1 N–H and O–H groups in total. The number of ether oxygens (including phenoxy) is 1. The maximum atomic E-state index is 6.43. The molecule has 2 aliphatic rings. The highest BCUT2D eigenvalue weighted by Gasteiger charge is 2.24. The maximum Gasteiger partial charge on any atom is 0.185 e. The van der Waals surface area contributed by atoms with Crippen LogP contribution in [0.4, 0.5) is 5.82 Å². The van der Waals surface area contributed by atoms with Crippen LogP contribution in [0.2, 0.25) is 5.15 Å². The van der Waals surface area contributed by atoms with Crippen LogP contribution in [0, 0.1) is 0 Å². The Labute approximate surface area is 183 Å². The molecule has 0 spiro atoms. The summed E-state index contributed by atoms with van der Waals surface area (Å²) >= 11 is 6.43. The lowest BCUT2D eigenvalue weighted by Crippen LogP contribution is -2.38. The third-order valence-electron chi connectivity index (χ3n) is 5.98. The van der Waals surface area contributed by atoms with Crippen LogP contribution < -0.4 is 10.2 Å². The van der Waals surface area contributed by atoms with E-state index < -0.39 is 0 Å². The quantitative estimate of drug-likeness (QED) is 0.704. The summed E-state index contributed by atoms with van der Waals surface area (Å²) in [5, 5.41) is 8.25. The lowest BCUT2D eigenvalue weighted by Gasteiger charge is -2.28. The van der Waals surface area contributed by atoms with Crippen molar-refractivity contribution in [2.24, 2.45) is 0 Å². The summed E-state index contributed by atoms with van der Waals surface area (Å²) in [6.07, 6.45) is 9.14. The summed E-state index contributed by atoms with van der Waals surface area (Å²) in [6, 6.07) is 2.18. The molecule has 30 heavy (non-hydrogen) atoms. The first kappa shape index (κ1) is 21.5. The van der Waals surface area contributed by atoms with Crippen LogP contribution in [0.1, 0.15) is 63.2 Å². The number of nitrogens with zero attached hydrogens (tertiary/aromatic N) is 4. The van der Waals surface area contributed by atoms with E-state index in [4.69, 9.17) is 25.8 Å². The van der Waals surface area contributed by atoms with Crippen LogP contribution in [-0.4, -0.2) is 47.4 Å². The smallest absolute Gasteiger partial charge is 0.185 e. The van der Waals surface area contributed by atoms with E-state index >= 15 is 0 Å². The van der Waals surface area contributed by atoms with Crippen molar-refractivity contribution >= 4 is 17.4 Å². The van der Waals surface area contributed by atoms with Crippen LogP contribution in [-0.2, 0) is 17.8 Å². The summed E-state index contributed by atoms with van der Waals surface area (Å²) in [5.74, 6) is 2.18. The van der Waals surface area contributed by atoms with Crippen molar-refractivity contribution in [2.45, 2.75) is 70.9 Å². The normalized spacial score (nSPS) is 21.9. The number of nitrogens with one attached hydrogen (secondary N) is 1. The molecular weight excluding hydrogens is 402 g/mol. The van der Waals surface area contributed by atoms with E-state index in [0.717, 1.165) is 69.1 Å². The molecule has 0 amide bonds. The zero-order valence-corrected chi connectivity index (χ0v) is 18.6. The standard InChI is InChI=1S/C22H32ClN5O2/c1-16-14-24-10-8-11-28(16)20-13-19(23)25-22(26-20)21-17-9-6-4-2-3-5-7-12-29-15-18(17)30-27-21/h13,16,24H,2-12,14-15H2,1H3/t16-/m0/s1. The van der Waals surface area contributed by atoms with E-state index in [1.165, 1.54) is 25.7 Å². The molecule has 1 atom stereocenters. The van der Waals surface area contributed by atoms with Crippen LogP contribution in [0.15, 0.2) is 10.6 Å². The highest BCUT2D eigenvalue weighted by Crippen LogP contribution is 2.29. The van der Waals surface area contributed by atoms with Crippen molar-refractivity contribution in [1.29, 1.82) is 0 Å². The monoisotopic (exact) mass is 433 g/mol. The van der Waals surface area contributed by atoms with Gasteiger partial charge in [-0.05, 0) is 39.2 Å². The van der Waals surface area contributed by atoms with Gasteiger partial charge in [0.15, 0.2) is 17.3 Å². The van der Waals surface area contributed by atoms with E-state index in [9.17, 15) is 0 Å². The Morgan fingerprint density at radius 3 is 2.83 bits per heavy atom. The average molecular weight is 434 g/mol. The Hall–Kier alpha value is -1.70. The minimum Gasteiger partial charge on any atom is -0.373 e. The van der Waals surface area contributed by atoms with Crippen molar-refractivity contribution in [3.05, 3.63) is 22.5 Å². The Balaban J connectivity index is 1.64. The minimum absolute atomic E-state index is 0.331. The summed E-state index contributed by atoms with van der Waals surface area (Å²) in [6.45, 7) is 6.29. The van der Waals surface area contributed by atoms with Gasteiger partial charge in [-0.25, -0.2) is 9.97 Å². The van der Waals surface area contributed by atoms with Crippen molar-refractivity contribution in [3.63, 3.8) is 0 Å². The van der Waals surface area contributed by atoms with Crippen LogP contribution >= 0.6 is 11.6 Å². The highest BCUT2D eigenvalue weighted by molar-refractivity contribution is 6.29. The molecule has 0 aliphatic carbocycles. The molecule has 0 saturated carbocycles. The molecule has 0 aromatic carbocycles. The highest BCUT2D eigenvalue weighted by atomic mass is 35.5. The van der Waals surface area contributed by atoms with E-state index in [0.29, 0.717) is 29.3 Å². The van der Waals surface area contributed by atoms with Gasteiger partial charge >= 0.3 is 0 Å². The first-order chi connectivity index (χ1) is 14.7. The average Bonchev–Trinajstić information content (AvgIpc) is 2.99. The number of hydrogen-bond acceptors (Lipinski definition) is 7. The first-order valence-electron chi connectivity index (χ1n) is 11.3. The van der Waals surface area contributed by atoms with E-state index in [1.54, 1.807) is 0 Å². The SMILES string of the molecule is C[C@H]1CNCCCN1c1cc(Cl)nc(-c2noc3c2CCCCCCCCOC3)n1. The van der Waals surface area contributed by atoms with Gasteiger partial charge in [0.05, 0.1) is 0 Å². The fraction of sp³-hybridized carbons (Fsp3) is 0.682. The largest absolute Gasteiger partial charge is 0.373 e. The minimum atomic E-state index is 0.331. The summed E-state index contributed by atoms with van der Waals surface area (Å²) < 4.78 is 11.5. The van der Waals surface area contributed by atoms with Crippen LogP contribution in [0.3, 0.4) is 0 Å². The molecule has 0 bridgehead atoms. The predicted molar refractivity (Wildman–Crippen MR) is 118 cm³/mol. The molecule has 8 heteroatoms. The van der Waals surface area contributed by atoms with Gasteiger partial charge in [-0.1, -0.05) is 42.4 Å². The van der Waals surface area contributed by atoms with E-state index in [-0.39, 0.29) is 0 Å². The number of hydrogen-bond donors (Lipinski definition) is 1. The van der Waals surface area contributed by atoms with Gasteiger partial charge in [-0.15, -0.1) is 0 Å². The van der Waals surface area contributed by atoms with Crippen molar-refractivity contribution in [3.8, 4) is 11.5 Å². The molecule has 7 nitrogen and oxygen atoms in total. The number of halogens is 1. The van der Waals surface area contributed by atoms with Gasteiger partial charge in [0.25, 0.3) is 0 Å². The molecule has 2 aliphatic heterocycles. The predicted octanol–water partition coefficient (Wildman–Crippen LogP) is 4.39. The molecule has 2 aromatic heterocycles. The van der Waals surface area contributed by atoms with Gasteiger partial charge in [-0.3, -0.25) is 0 Å². The molecule has 4 rings (SSSR count). The Kier molecular flexibility index (Phi) is 7.57. The fourth-order valence-electron chi connectivity index (χ4n) is 4.28. The lowest BCUT2D eigenvalue weighted by molar-refractivity contribution is 0.0965. The van der Waals surface area contributed by atoms with Gasteiger partial charge in [0.2, 0.25) is 0 Å². The zero-order valence-electron chi connectivity index (χ0n) is 17.8. The van der Waals surface area contributed by atoms with E-state index in [2.05, 4.69) is 27.3 Å². The lowest BCUT2D eigenvalue weighted by atomic mass is 10.0. The topological polar surface area (TPSA) is 76.3 Å². The number of fused-ring (bicyclic) bond motifs is 1. The van der Waals surface area contributed by atoms with E-state index in [1.807, 2.05) is 6.07 Å². The second-order valence-corrected chi connectivity index (χ2v) is 8.72. The molecule has 0 unspecified atom stereocenters. The summed E-state index contributed by atoms with van der Waals surface area (Å²) in [5.41, 5.74) is 1.77. The Morgan fingerprint density at radius 1 is 1.10 bits per heavy atom.